The molecule has 0 aliphatic rings. The lowest BCUT2D eigenvalue weighted by Gasteiger charge is -2.08. The Morgan fingerprint density at radius 2 is 1.86 bits per heavy atom. The molecular weight excluding hydrogens is 456 g/mol. The zero-order valence-electron chi connectivity index (χ0n) is 14.5. The van der Waals surface area contributed by atoms with Crippen molar-refractivity contribution >= 4 is 66.8 Å². The van der Waals surface area contributed by atoms with Gasteiger partial charge in [0.15, 0.2) is 0 Å². The number of carbonyl (C=O) groups is 1. The van der Waals surface area contributed by atoms with Crippen molar-refractivity contribution in [2.45, 2.75) is 0 Å². The number of nitrogens with zero attached hydrogens (tertiary/aromatic N) is 1. The molecule has 4 aromatic rings. The Labute approximate surface area is 179 Å². The van der Waals surface area contributed by atoms with Gasteiger partial charge in [-0.15, -0.1) is 11.3 Å². The Bertz CT molecular complexity index is 1150. The molecule has 1 heterocycles. The van der Waals surface area contributed by atoms with Crippen molar-refractivity contribution in [1.29, 1.82) is 0 Å². The summed E-state index contributed by atoms with van der Waals surface area (Å²) in [7, 11) is 0. The first-order valence-electron chi connectivity index (χ1n) is 8.48. The molecule has 1 aromatic heterocycles. The molecule has 0 aliphatic heterocycles. The average Bonchev–Trinajstić information content (AvgIpc) is 3.13. The molecule has 0 unspecified atom stereocenters. The third-order valence-corrected chi connectivity index (χ3v) is 5.88. The molecule has 1 amide bonds. The molecule has 6 heteroatoms. The van der Waals surface area contributed by atoms with E-state index in [2.05, 4.69) is 21.2 Å². The van der Waals surface area contributed by atoms with Crippen LogP contribution in [0.5, 0.6) is 0 Å². The van der Waals surface area contributed by atoms with Crippen molar-refractivity contribution in [2.24, 2.45) is 0 Å². The number of aromatic nitrogens is 1. The van der Waals surface area contributed by atoms with Gasteiger partial charge in [0.25, 0.3) is 0 Å². The van der Waals surface area contributed by atoms with Crippen molar-refractivity contribution in [3.63, 3.8) is 0 Å². The second-order valence-electron chi connectivity index (χ2n) is 6.05. The van der Waals surface area contributed by atoms with E-state index >= 15 is 0 Å². The Morgan fingerprint density at radius 1 is 1.07 bits per heavy atom. The molecule has 1 N–H and O–H groups in total. The van der Waals surface area contributed by atoms with Crippen LogP contribution in [-0.4, -0.2) is 10.9 Å². The van der Waals surface area contributed by atoms with Gasteiger partial charge in [-0.05, 0) is 54.1 Å². The van der Waals surface area contributed by atoms with Crippen molar-refractivity contribution < 1.29 is 4.79 Å². The molecule has 4 rings (SSSR count). The number of halogens is 2. The van der Waals surface area contributed by atoms with Crippen molar-refractivity contribution in [3.8, 4) is 10.6 Å². The lowest BCUT2D eigenvalue weighted by atomic mass is 10.1. The van der Waals surface area contributed by atoms with Gasteiger partial charge in [0, 0.05) is 21.1 Å². The van der Waals surface area contributed by atoms with E-state index in [1.54, 1.807) is 29.5 Å². The van der Waals surface area contributed by atoms with Crippen molar-refractivity contribution in [2.75, 3.05) is 5.32 Å². The number of benzene rings is 3. The molecular formula is C22H14BrClN2OS. The summed E-state index contributed by atoms with van der Waals surface area (Å²) in [6, 6.07) is 21.0. The maximum atomic E-state index is 12.4. The highest BCUT2D eigenvalue weighted by molar-refractivity contribution is 9.10. The SMILES string of the molecule is O=C(C=Cc1ccc(Cl)cc1)Nc1ccc(Br)cc1-c1nc2ccccc2s1. The fraction of sp³-hybridized carbons (Fsp3) is 0. The first-order chi connectivity index (χ1) is 13.6. The number of fused-ring (bicyclic) bond motifs is 1. The van der Waals surface area contributed by atoms with Crippen LogP contribution >= 0.6 is 38.9 Å². The maximum absolute atomic E-state index is 12.4. The summed E-state index contributed by atoms with van der Waals surface area (Å²) in [4.78, 5) is 17.2. The number of hydrogen-bond acceptors (Lipinski definition) is 3. The topological polar surface area (TPSA) is 42.0 Å². The summed E-state index contributed by atoms with van der Waals surface area (Å²) in [6.07, 6.45) is 3.26. The monoisotopic (exact) mass is 468 g/mol. The molecule has 28 heavy (non-hydrogen) atoms. The highest BCUT2D eigenvalue weighted by Crippen LogP contribution is 2.36. The van der Waals surface area contributed by atoms with E-state index in [0.29, 0.717) is 10.7 Å². The van der Waals surface area contributed by atoms with Crippen LogP contribution in [0.4, 0.5) is 5.69 Å². The number of rotatable bonds is 4. The van der Waals surface area contributed by atoms with Crippen LogP contribution in [0, 0.1) is 0 Å². The minimum Gasteiger partial charge on any atom is -0.322 e. The molecule has 3 aromatic carbocycles. The Hall–Kier alpha value is -2.47. The number of nitrogens with one attached hydrogen (secondary N) is 1. The molecule has 0 aliphatic carbocycles. The van der Waals surface area contributed by atoms with Gasteiger partial charge < -0.3 is 5.32 Å². The van der Waals surface area contributed by atoms with Gasteiger partial charge in [0.1, 0.15) is 5.01 Å². The highest BCUT2D eigenvalue weighted by Gasteiger charge is 2.12. The predicted molar refractivity (Wildman–Crippen MR) is 122 cm³/mol. The van der Waals surface area contributed by atoms with Crippen LogP contribution in [0.3, 0.4) is 0 Å². The van der Waals surface area contributed by atoms with Gasteiger partial charge in [-0.1, -0.05) is 51.8 Å². The molecule has 3 nitrogen and oxygen atoms in total. The number of carbonyl (C=O) groups excluding carboxylic acids is 1. The van der Waals surface area contributed by atoms with Crippen LogP contribution in [0.1, 0.15) is 5.56 Å². The minimum absolute atomic E-state index is 0.209. The van der Waals surface area contributed by atoms with E-state index in [-0.39, 0.29) is 5.91 Å². The van der Waals surface area contributed by atoms with Gasteiger partial charge in [0.05, 0.1) is 15.9 Å². The first kappa shape index (κ1) is 18.9. The molecule has 0 atom stereocenters. The standard InChI is InChI=1S/C22H14BrClN2OS/c23-15-8-11-18(25-21(27)12-7-14-5-9-16(24)10-6-14)17(13-15)22-26-19-3-1-2-4-20(19)28-22/h1-13H,(H,25,27). The number of thiazole rings is 1. The van der Waals surface area contributed by atoms with E-state index in [0.717, 1.165) is 30.8 Å². The smallest absolute Gasteiger partial charge is 0.248 e. The summed E-state index contributed by atoms with van der Waals surface area (Å²) in [5.74, 6) is -0.209. The van der Waals surface area contributed by atoms with Crippen molar-refractivity contribution in [3.05, 3.63) is 87.9 Å². The fourth-order valence-corrected chi connectivity index (χ4v) is 4.19. The normalized spacial score (nSPS) is 11.2. The highest BCUT2D eigenvalue weighted by atomic mass is 79.9. The van der Waals surface area contributed by atoms with Gasteiger partial charge >= 0.3 is 0 Å². The summed E-state index contributed by atoms with van der Waals surface area (Å²) in [5, 5.41) is 4.48. The third-order valence-electron chi connectivity index (χ3n) is 4.06. The second-order valence-corrected chi connectivity index (χ2v) is 8.43. The van der Waals surface area contributed by atoms with E-state index < -0.39 is 0 Å². The lowest BCUT2D eigenvalue weighted by molar-refractivity contribution is -0.111. The summed E-state index contributed by atoms with van der Waals surface area (Å²) in [6.45, 7) is 0. The van der Waals surface area contributed by atoms with Gasteiger partial charge in [-0.25, -0.2) is 4.98 Å². The lowest BCUT2D eigenvalue weighted by Crippen LogP contribution is -2.08. The number of hydrogen-bond donors (Lipinski definition) is 1. The summed E-state index contributed by atoms with van der Waals surface area (Å²) >= 11 is 11.0. The van der Waals surface area contributed by atoms with E-state index in [1.165, 1.54) is 6.08 Å². The zero-order valence-corrected chi connectivity index (χ0v) is 17.7. The van der Waals surface area contributed by atoms with Crippen LogP contribution in [0.25, 0.3) is 26.9 Å². The van der Waals surface area contributed by atoms with E-state index in [1.807, 2.05) is 54.6 Å². The Morgan fingerprint density at radius 3 is 2.64 bits per heavy atom. The van der Waals surface area contributed by atoms with E-state index in [9.17, 15) is 4.79 Å². The molecule has 0 saturated heterocycles. The van der Waals surface area contributed by atoms with Gasteiger partial charge in [-0.2, -0.15) is 0 Å². The first-order valence-corrected chi connectivity index (χ1v) is 10.5. The zero-order chi connectivity index (χ0) is 19.5. The second kappa shape index (κ2) is 8.27. The maximum Gasteiger partial charge on any atom is 0.248 e. The Kier molecular flexibility index (Phi) is 5.57. The summed E-state index contributed by atoms with van der Waals surface area (Å²) < 4.78 is 2.04. The molecule has 0 bridgehead atoms. The van der Waals surface area contributed by atoms with Crippen LogP contribution < -0.4 is 5.32 Å². The minimum atomic E-state index is -0.209. The molecule has 0 spiro atoms. The third kappa shape index (κ3) is 4.33. The predicted octanol–water partition coefficient (Wildman–Crippen LogP) is 7.03. The average molecular weight is 470 g/mol. The molecule has 0 radical (unpaired) electrons. The molecule has 138 valence electrons. The van der Waals surface area contributed by atoms with Gasteiger partial charge in [-0.3, -0.25) is 4.79 Å². The Balaban J connectivity index is 1.61. The quantitative estimate of drug-likeness (QED) is 0.326. The van der Waals surface area contributed by atoms with Gasteiger partial charge in [0.2, 0.25) is 5.91 Å². The number of amides is 1. The van der Waals surface area contributed by atoms with Crippen LogP contribution in [0.2, 0.25) is 5.02 Å². The van der Waals surface area contributed by atoms with Crippen molar-refractivity contribution in [1.82, 2.24) is 4.98 Å². The molecule has 0 fully saturated rings. The van der Waals surface area contributed by atoms with Crippen LogP contribution in [-0.2, 0) is 4.79 Å². The largest absolute Gasteiger partial charge is 0.322 e. The fourth-order valence-electron chi connectivity index (χ4n) is 2.71. The number of anilines is 1. The number of para-hydroxylation sites is 1. The van der Waals surface area contributed by atoms with E-state index in [4.69, 9.17) is 16.6 Å². The van der Waals surface area contributed by atoms with Crippen LogP contribution in [0.15, 0.2) is 77.3 Å². The molecule has 0 saturated carbocycles. The summed E-state index contributed by atoms with van der Waals surface area (Å²) in [5.41, 5.74) is 3.45.